The van der Waals surface area contributed by atoms with Crippen LogP contribution in [-0.2, 0) is 16.0 Å². The number of benzene rings is 3. The van der Waals surface area contributed by atoms with E-state index in [4.69, 9.17) is 0 Å². The van der Waals surface area contributed by atoms with Gasteiger partial charge in [0.2, 0.25) is 0 Å². The van der Waals surface area contributed by atoms with Crippen LogP contribution in [0.4, 0.5) is 10.1 Å². The van der Waals surface area contributed by atoms with E-state index in [0.29, 0.717) is 12.1 Å². The standard InChI is InChI=1S/C25H26FN3O2/c1-29(17-24(30)27-22-14-8-13-21(26)16-22)18-25(31)28-23(20-11-6-3-7-12-20)15-19-9-4-2-5-10-19/h2-14,16,23H,15,17-18H2,1H3,(H,27,30)(H,28,31)/p+1/t23-/m1/s1. The zero-order valence-electron chi connectivity index (χ0n) is 17.5. The fraction of sp³-hybridized carbons (Fsp3) is 0.200. The molecule has 160 valence electrons. The highest BCUT2D eigenvalue weighted by Crippen LogP contribution is 2.18. The molecule has 3 aromatic rings. The van der Waals surface area contributed by atoms with Gasteiger partial charge in [0, 0.05) is 5.69 Å². The molecule has 0 saturated heterocycles. The van der Waals surface area contributed by atoms with Gasteiger partial charge in [-0.25, -0.2) is 4.39 Å². The highest BCUT2D eigenvalue weighted by Gasteiger charge is 2.19. The molecule has 6 heteroatoms. The Bertz CT molecular complexity index is 996. The van der Waals surface area contributed by atoms with Gasteiger partial charge in [-0.15, -0.1) is 0 Å². The van der Waals surface area contributed by atoms with Crippen molar-refractivity contribution in [2.75, 3.05) is 25.5 Å². The monoisotopic (exact) mass is 420 g/mol. The Morgan fingerprint density at radius 1 is 0.871 bits per heavy atom. The smallest absolute Gasteiger partial charge is 0.279 e. The van der Waals surface area contributed by atoms with Crippen LogP contribution in [0.1, 0.15) is 17.2 Å². The SMILES string of the molecule is C[NH+](CC(=O)Nc1cccc(F)c1)CC(=O)N[C@H](Cc1ccccc1)c1ccccc1. The van der Waals surface area contributed by atoms with E-state index in [-0.39, 0.29) is 30.9 Å². The molecule has 3 rings (SSSR count). The number of quaternary nitrogens is 1. The van der Waals surface area contributed by atoms with Crippen LogP contribution in [0.3, 0.4) is 0 Å². The minimum atomic E-state index is -0.414. The van der Waals surface area contributed by atoms with Gasteiger partial charge in [0.05, 0.1) is 13.1 Å². The summed E-state index contributed by atoms with van der Waals surface area (Å²) in [6, 6.07) is 25.4. The minimum Gasteiger partial charge on any atom is -0.344 e. The van der Waals surface area contributed by atoms with E-state index in [1.807, 2.05) is 60.7 Å². The molecule has 3 N–H and O–H groups in total. The highest BCUT2D eigenvalue weighted by molar-refractivity contribution is 5.91. The third-order valence-corrected chi connectivity index (χ3v) is 4.85. The summed E-state index contributed by atoms with van der Waals surface area (Å²) in [6.45, 7) is 0.243. The number of hydrogen-bond acceptors (Lipinski definition) is 2. The van der Waals surface area contributed by atoms with Crippen molar-refractivity contribution in [3.8, 4) is 0 Å². The van der Waals surface area contributed by atoms with Crippen molar-refractivity contribution in [1.82, 2.24) is 5.32 Å². The van der Waals surface area contributed by atoms with Crippen molar-refractivity contribution in [3.05, 3.63) is 102 Å². The van der Waals surface area contributed by atoms with Crippen LogP contribution >= 0.6 is 0 Å². The first-order chi connectivity index (χ1) is 15.0. The molecule has 2 amide bonds. The molecule has 0 aliphatic rings. The Morgan fingerprint density at radius 2 is 1.52 bits per heavy atom. The van der Waals surface area contributed by atoms with Crippen LogP contribution in [0, 0.1) is 5.82 Å². The average molecular weight is 421 g/mol. The van der Waals surface area contributed by atoms with Crippen LogP contribution in [-0.4, -0.2) is 32.0 Å². The molecule has 2 atom stereocenters. The van der Waals surface area contributed by atoms with Crippen LogP contribution in [0.25, 0.3) is 0 Å². The molecule has 0 aliphatic heterocycles. The third-order valence-electron chi connectivity index (χ3n) is 4.85. The average Bonchev–Trinajstić information content (AvgIpc) is 2.74. The molecule has 0 aromatic heterocycles. The summed E-state index contributed by atoms with van der Waals surface area (Å²) in [5.41, 5.74) is 2.56. The van der Waals surface area contributed by atoms with Gasteiger partial charge in [0.15, 0.2) is 13.1 Å². The number of anilines is 1. The first kappa shape index (κ1) is 22.2. The van der Waals surface area contributed by atoms with E-state index in [0.717, 1.165) is 16.0 Å². The topological polar surface area (TPSA) is 62.6 Å². The molecule has 0 aliphatic carbocycles. The Hall–Kier alpha value is -3.51. The lowest BCUT2D eigenvalue weighted by atomic mass is 9.99. The first-order valence-corrected chi connectivity index (χ1v) is 10.2. The predicted molar refractivity (Wildman–Crippen MR) is 119 cm³/mol. The second-order valence-electron chi connectivity index (χ2n) is 7.59. The molecular weight excluding hydrogens is 393 g/mol. The van der Waals surface area contributed by atoms with Crippen LogP contribution in [0.2, 0.25) is 0 Å². The van der Waals surface area contributed by atoms with Crippen molar-refractivity contribution >= 4 is 17.5 Å². The first-order valence-electron chi connectivity index (χ1n) is 10.2. The van der Waals surface area contributed by atoms with E-state index >= 15 is 0 Å². The van der Waals surface area contributed by atoms with Crippen LogP contribution in [0.5, 0.6) is 0 Å². The number of amides is 2. The third kappa shape index (κ3) is 7.35. The van der Waals surface area contributed by atoms with Crippen molar-refractivity contribution in [1.29, 1.82) is 0 Å². The molecule has 0 saturated carbocycles. The number of nitrogens with one attached hydrogen (secondary N) is 3. The summed E-state index contributed by atoms with van der Waals surface area (Å²) in [5.74, 6) is -0.830. The lowest BCUT2D eigenvalue weighted by molar-refractivity contribution is -0.862. The lowest BCUT2D eigenvalue weighted by Gasteiger charge is -2.21. The lowest BCUT2D eigenvalue weighted by Crippen LogP contribution is -3.11. The second-order valence-corrected chi connectivity index (χ2v) is 7.59. The normalized spacial score (nSPS) is 12.6. The summed E-state index contributed by atoms with van der Waals surface area (Å²) in [6.07, 6.45) is 0.676. The zero-order valence-corrected chi connectivity index (χ0v) is 17.5. The number of carbonyl (C=O) groups excluding carboxylic acids is 2. The summed E-state index contributed by atoms with van der Waals surface area (Å²) >= 11 is 0. The molecule has 31 heavy (non-hydrogen) atoms. The number of carbonyl (C=O) groups is 2. The minimum absolute atomic E-state index is 0.0959. The largest absolute Gasteiger partial charge is 0.344 e. The molecule has 5 nitrogen and oxygen atoms in total. The van der Waals surface area contributed by atoms with Gasteiger partial charge < -0.3 is 15.5 Å². The molecule has 0 bridgehead atoms. The van der Waals surface area contributed by atoms with Gasteiger partial charge in [-0.2, -0.15) is 0 Å². The van der Waals surface area contributed by atoms with E-state index in [1.54, 1.807) is 13.1 Å². The summed E-state index contributed by atoms with van der Waals surface area (Å²) in [5, 5.41) is 5.76. The molecule has 0 heterocycles. The Kier molecular flexibility index (Phi) is 7.90. The number of likely N-dealkylation sites (N-methyl/N-ethyl adjacent to an activating group) is 1. The number of rotatable bonds is 9. The van der Waals surface area contributed by atoms with Gasteiger partial charge >= 0.3 is 0 Å². The van der Waals surface area contributed by atoms with Crippen molar-refractivity contribution < 1.29 is 18.9 Å². The predicted octanol–water partition coefficient (Wildman–Crippen LogP) is 2.38. The number of halogens is 1. The van der Waals surface area contributed by atoms with Gasteiger partial charge in [0.1, 0.15) is 5.82 Å². The van der Waals surface area contributed by atoms with Gasteiger partial charge in [-0.3, -0.25) is 9.59 Å². The summed E-state index contributed by atoms with van der Waals surface area (Å²) < 4.78 is 13.3. The van der Waals surface area contributed by atoms with Crippen LogP contribution in [0.15, 0.2) is 84.9 Å². The van der Waals surface area contributed by atoms with Gasteiger partial charge in [-0.05, 0) is 35.7 Å². The zero-order chi connectivity index (χ0) is 22.1. The van der Waals surface area contributed by atoms with Crippen molar-refractivity contribution in [2.24, 2.45) is 0 Å². The maximum absolute atomic E-state index is 13.3. The van der Waals surface area contributed by atoms with Crippen LogP contribution < -0.4 is 15.5 Å². The van der Waals surface area contributed by atoms with Gasteiger partial charge in [0.25, 0.3) is 11.8 Å². The van der Waals surface area contributed by atoms with Crippen molar-refractivity contribution in [3.63, 3.8) is 0 Å². The Balaban J connectivity index is 1.56. The molecular formula is C25H27FN3O2+. The van der Waals surface area contributed by atoms with E-state index in [9.17, 15) is 14.0 Å². The Morgan fingerprint density at radius 3 is 2.19 bits per heavy atom. The van der Waals surface area contributed by atoms with Crippen molar-refractivity contribution in [2.45, 2.75) is 12.5 Å². The van der Waals surface area contributed by atoms with E-state index in [2.05, 4.69) is 10.6 Å². The fourth-order valence-corrected chi connectivity index (χ4v) is 3.41. The Labute approximate surface area is 181 Å². The van der Waals surface area contributed by atoms with Gasteiger partial charge in [-0.1, -0.05) is 66.7 Å². The quantitative estimate of drug-likeness (QED) is 0.498. The molecule has 0 radical (unpaired) electrons. The molecule has 0 fully saturated rings. The van der Waals surface area contributed by atoms with E-state index < -0.39 is 5.82 Å². The van der Waals surface area contributed by atoms with E-state index in [1.165, 1.54) is 18.2 Å². The summed E-state index contributed by atoms with van der Waals surface area (Å²) in [7, 11) is 1.78. The second kappa shape index (κ2) is 11.0. The summed E-state index contributed by atoms with van der Waals surface area (Å²) in [4.78, 5) is 25.6. The molecule has 3 aromatic carbocycles. The highest BCUT2D eigenvalue weighted by atomic mass is 19.1. The maximum atomic E-state index is 13.3. The number of hydrogen-bond donors (Lipinski definition) is 3. The maximum Gasteiger partial charge on any atom is 0.279 e. The molecule has 1 unspecified atom stereocenters. The molecule has 0 spiro atoms. The fourth-order valence-electron chi connectivity index (χ4n) is 3.41.